The van der Waals surface area contributed by atoms with Gasteiger partial charge in [0.25, 0.3) is 5.56 Å². The van der Waals surface area contributed by atoms with Crippen LogP contribution in [0.3, 0.4) is 0 Å². The second-order valence-electron chi connectivity index (χ2n) is 9.49. The third kappa shape index (κ3) is 5.71. The van der Waals surface area contributed by atoms with E-state index in [-0.39, 0.29) is 12.2 Å². The largest absolute Gasteiger partial charge is 0.496 e. The van der Waals surface area contributed by atoms with Crippen molar-refractivity contribution in [2.75, 3.05) is 13.7 Å². The lowest BCUT2D eigenvalue weighted by Gasteiger charge is -2.27. The number of carbonyl (C=O) groups is 1. The van der Waals surface area contributed by atoms with E-state index in [0.717, 1.165) is 22.0 Å². The molecule has 212 valence electrons. The van der Waals surface area contributed by atoms with Gasteiger partial charge in [-0.15, -0.1) is 0 Å². The van der Waals surface area contributed by atoms with Crippen LogP contribution in [0.1, 0.15) is 49.6 Å². The predicted molar refractivity (Wildman–Crippen MR) is 164 cm³/mol. The number of ether oxygens (including phenoxy) is 2. The second kappa shape index (κ2) is 12.2. The smallest absolute Gasteiger partial charge is 0.338 e. The Labute approximate surface area is 254 Å². The Morgan fingerprint density at radius 2 is 2.00 bits per heavy atom. The van der Waals surface area contributed by atoms with Gasteiger partial charge in [0.1, 0.15) is 23.3 Å². The zero-order valence-corrected chi connectivity index (χ0v) is 26.2. The number of carbonyl (C=O) groups excluding carboxylic acids is 1. The summed E-state index contributed by atoms with van der Waals surface area (Å²) in [4.78, 5) is 32.7. The van der Waals surface area contributed by atoms with E-state index in [0.29, 0.717) is 54.9 Å². The van der Waals surface area contributed by atoms with Crippen LogP contribution in [-0.2, 0) is 9.53 Å². The van der Waals surface area contributed by atoms with Gasteiger partial charge in [-0.1, -0.05) is 58.3 Å². The number of allylic oxidation sites excluding steroid dienone is 1. The molecule has 41 heavy (non-hydrogen) atoms. The molecule has 7 nitrogen and oxygen atoms in total. The van der Waals surface area contributed by atoms with Crippen LogP contribution in [0.5, 0.6) is 5.75 Å². The number of hydrogen-bond acceptors (Lipinski definition) is 7. The Morgan fingerprint density at radius 3 is 2.71 bits per heavy atom. The number of thiazole rings is 1. The van der Waals surface area contributed by atoms with Gasteiger partial charge in [-0.05, 0) is 68.3 Å². The van der Waals surface area contributed by atoms with Crippen molar-refractivity contribution >= 4 is 50.9 Å². The summed E-state index contributed by atoms with van der Waals surface area (Å²) >= 11 is 11.3. The molecule has 4 aromatic rings. The normalized spacial score (nSPS) is 15.1. The van der Waals surface area contributed by atoms with E-state index in [4.69, 9.17) is 30.5 Å². The van der Waals surface area contributed by atoms with Crippen LogP contribution >= 0.6 is 38.9 Å². The topological polar surface area (TPSA) is 83.0 Å². The predicted octanol–water partition coefficient (Wildman–Crippen LogP) is 6.57. The maximum absolute atomic E-state index is 14.0. The van der Waals surface area contributed by atoms with E-state index in [9.17, 15) is 9.59 Å². The molecule has 0 bridgehead atoms. The first kappa shape index (κ1) is 29.1. The van der Waals surface area contributed by atoms with Gasteiger partial charge in [0.15, 0.2) is 4.80 Å². The number of halogens is 2. The van der Waals surface area contributed by atoms with Gasteiger partial charge in [-0.3, -0.25) is 9.36 Å². The fraction of sp³-hybridized carbons (Fsp3) is 0.258. The van der Waals surface area contributed by atoms with Gasteiger partial charge in [0.2, 0.25) is 0 Å². The van der Waals surface area contributed by atoms with Crippen LogP contribution in [0.15, 0.2) is 78.5 Å². The number of nitrogens with zero attached hydrogens (tertiary/aromatic N) is 2. The first-order chi connectivity index (χ1) is 19.7. The minimum Gasteiger partial charge on any atom is -0.496 e. The molecule has 0 amide bonds. The molecule has 0 fully saturated rings. The number of aromatic nitrogens is 1. The summed E-state index contributed by atoms with van der Waals surface area (Å²) < 4.78 is 20.1. The van der Waals surface area contributed by atoms with Crippen molar-refractivity contribution < 1.29 is 18.7 Å². The van der Waals surface area contributed by atoms with Crippen LogP contribution in [-0.4, -0.2) is 24.3 Å². The number of benzene rings is 2. The van der Waals surface area contributed by atoms with Crippen LogP contribution in [0.25, 0.3) is 17.4 Å². The minimum atomic E-state index is -0.835. The Kier molecular flexibility index (Phi) is 8.68. The lowest BCUT2D eigenvalue weighted by atomic mass is 9.93. The Balaban J connectivity index is 1.71. The maximum atomic E-state index is 14.0. The lowest BCUT2D eigenvalue weighted by Crippen LogP contribution is -2.40. The van der Waals surface area contributed by atoms with Crippen LogP contribution in [0, 0.1) is 6.92 Å². The molecule has 0 spiro atoms. The third-order valence-corrected chi connectivity index (χ3v) is 8.54. The number of furan rings is 1. The van der Waals surface area contributed by atoms with Crippen molar-refractivity contribution in [3.8, 4) is 17.1 Å². The van der Waals surface area contributed by atoms with E-state index >= 15 is 0 Å². The molecule has 2 aromatic heterocycles. The van der Waals surface area contributed by atoms with Gasteiger partial charge in [0.05, 0.1) is 29.5 Å². The molecule has 3 heterocycles. The number of aryl methyl sites for hydroxylation is 1. The summed E-state index contributed by atoms with van der Waals surface area (Å²) in [7, 11) is 1.54. The molecule has 0 saturated heterocycles. The molecule has 0 saturated carbocycles. The summed E-state index contributed by atoms with van der Waals surface area (Å²) in [6.45, 7) is 5.96. The highest BCUT2D eigenvalue weighted by Gasteiger charge is 2.36. The molecule has 1 atom stereocenters. The van der Waals surface area contributed by atoms with Crippen molar-refractivity contribution in [3.63, 3.8) is 0 Å². The zero-order valence-electron chi connectivity index (χ0n) is 23.0. The van der Waals surface area contributed by atoms with Crippen molar-refractivity contribution in [1.29, 1.82) is 0 Å². The van der Waals surface area contributed by atoms with E-state index in [1.165, 1.54) is 23.0 Å². The van der Waals surface area contributed by atoms with Crippen LogP contribution < -0.4 is 19.6 Å². The number of hydrogen-bond donors (Lipinski definition) is 0. The van der Waals surface area contributed by atoms with Crippen LogP contribution in [0.4, 0.5) is 0 Å². The summed E-state index contributed by atoms with van der Waals surface area (Å²) in [5.41, 5.74) is 3.18. The third-order valence-electron chi connectivity index (χ3n) is 6.67. The van der Waals surface area contributed by atoms with E-state index in [1.807, 2.05) is 44.2 Å². The van der Waals surface area contributed by atoms with Crippen molar-refractivity contribution in [3.05, 3.63) is 106 Å². The van der Waals surface area contributed by atoms with Crippen LogP contribution in [0.2, 0.25) is 5.02 Å². The number of methoxy groups -OCH3 is 1. The molecule has 0 N–H and O–H groups in total. The highest BCUT2D eigenvalue weighted by molar-refractivity contribution is 9.10. The summed E-state index contributed by atoms with van der Waals surface area (Å²) in [6, 6.07) is 14.0. The Hall–Kier alpha value is -3.40. The van der Waals surface area contributed by atoms with E-state index < -0.39 is 12.0 Å². The molecule has 0 aliphatic carbocycles. The number of fused-ring (bicyclic) bond motifs is 1. The first-order valence-electron chi connectivity index (χ1n) is 13.2. The fourth-order valence-corrected chi connectivity index (χ4v) is 6.73. The SMILES string of the molecule is CCCC1=C(C(=O)OCC)[C@@H](c2cc(Cl)ccc2OC)n2c(s/c(=C/c3ccc(-c4ccc(C)cc4Br)o3)c2=O)=N1. The number of rotatable bonds is 8. The summed E-state index contributed by atoms with van der Waals surface area (Å²) in [5, 5.41) is 0.450. The van der Waals surface area contributed by atoms with Gasteiger partial charge >= 0.3 is 5.97 Å². The monoisotopic (exact) mass is 654 g/mol. The quantitative estimate of drug-likeness (QED) is 0.201. The average Bonchev–Trinajstić information content (AvgIpc) is 3.52. The van der Waals surface area contributed by atoms with Gasteiger partial charge in [-0.2, -0.15) is 0 Å². The molecule has 0 radical (unpaired) electrons. The molecule has 5 rings (SSSR count). The standard InChI is InChI=1S/C31H28BrClN2O5S/c1-5-7-23-27(30(37)39-6-2)28(21-15-18(33)9-12-24(21)38-4)35-29(36)26(41-31(35)34-23)16-19-10-13-25(40-19)20-11-8-17(3)14-22(20)32/h8-16,28H,5-7H2,1-4H3/b26-16+/t28-/m1/s1. The van der Waals surface area contributed by atoms with Gasteiger partial charge in [-0.25, -0.2) is 9.79 Å². The lowest BCUT2D eigenvalue weighted by molar-refractivity contribution is -0.139. The summed E-state index contributed by atoms with van der Waals surface area (Å²) in [6.07, 6.45) is 2.99. The van der Waals surface area contributed by atoms with Gasteiger partial charge in [0, 0.05) is 26.7 Å². The number of esters is 1. The van der Waals surface area contributed by atoms with Crippen molar-refractivity contribution in [2.24, 2.45) is 4.99 Å². The Morgan fingerprint density at radius 1 is 1.20 bits per heavy atom. The summed E-state index contributed by atoms with van der Waals surface area (Å²) in [5.74, 6) is 1.16. The Bertz CT molecular complexity index is 1850. The molecular weight excluding hydrogens is 628 g/mol. The molecule has 1 aliphatic rings. The van der Waals surface area contributed by atoms with E-state index in [2.05, 4.69) is 15.9 Å². The highest BCUT2D eigenvalue weighted by Crippen LogP contribution is 2.38. The van der Waals surface area contributed by atoms with E-state index in [1.54, 1.807) is 31.2 Å². The molecule has 10 heteroatoms. The van der Waals surface area contributed by atoms with Crippen molar-refractivity contribution in [1.82, 2.24) is 4.57 Å². The average molecular weight is 656 g/mol. The van der Waals surface area contributed by atoms with Crippen molar-refractivity contribution in [2.45, 2.75) is 39.7 Å². The molecule has 2 aromatic carbocycles. The second-order valence-corrected chi connectivity index (χ2v) is 11.8. The highest BCUT2D eigenvalue weighted by atomic mass is 79.9. The fourth-order valence-electron chi connectivity index (χ4n) is 4.86. The molecule has 0 unspecified atom stereocenters. The maximum Gasteiger partial charge on any atom is 0.338 e. The molecule has 1 aliphatic heterocycles. The van der Waals surface area contributed by atoms with Gasteiger partial charge < -0.3 is 13.9 Å². The molecular formula is C31H28BrClN2O5S. The first-order valence-corrected chi connectivity index (χ1v) is 15.2. The zero-order chi connectivity index (χ0) is 29.3. The minimum absolute atomic E-state index is 0.184.